The summed E-state index contributed by atoms with van der Waals surface area (Å²) in [7, 11) is 0. The van der Waals surface area contributed by atoms with Crippen LogP contribution in [0.2, 0.25) is 0 Å². The number of hydrogen-bond donors (Lipinski definition) is 1. The minimum absolute atomic E-state index is 0.104. The van der Waals surface area contributed by atoms with Gasteiger partial charge in [0, 0.05) is 42.3 Å². The highest BCUT2D eigenvalue weighted by atomic mass is 79.9. The fraction of sp³-hybridized carbons (Fsp3) is 0.538. The molecule has 1 heterocycles. The van der Waals surface area contributed by atoms with Crippen LogP contribution in [0.4, 0.5) is 17.6 Å². The van der Waals surface area contributed by atoms with Crippen LogP contribution in [0, 0.1) is 5.82 Å². The number of rotatable bonds is 3. The molecule has 0 aromatic heterocycles. The lowest BCUT2D eigenvalue weighted by Gasteiger charge is -2.35. The molecule has 2 rings (SSSR count). The lowest BCUT2D eigenvalue weighted by Crippen LogP contribution is -2.46. The summed E-state index contributed by atoms with van der Waals surface area (Å²) in [6.45, 7) is 2.20. The standard InChI is InChI=1S/C13H15BrF4N2/c14-9-1-2-10(11(15)7-9)12(8-13(16,17)18)20-5-3-19-4-6-20/h1-2,7,12,19H,3-6,8H2/t12-/m1/s1. The number of alkyl halides is 3. The van der Waals surface area contributed by atoms with E-state index in [-0.39, 0.29) is 5.56 Å². The van der Waals surface area contributed by atoms with Crippen molar-refractivity contribution >= 4 is 15.9 Å². The van der Waals surface area contributed by atoms with E-state index >= 15 is 0 Å². The average molecular weight is 355 g/mol. The molecule has 1 saturated heterocycles. The zero-order valence-corrected chi connectivity index (χ0v) is 12.3. The van der Waals surface area contributed by atoms with Gasteiger partial charge in [-0.3, -0.25) is 4.90 Å². The summed E-state index contributed by atoms with van der Waals surface area (Å²) in [6, 6.07) is 3.24. The van der Waals surface area contributed by atoms with Crippen molar-refractivity contribution in [2.75, 3.05) is 26.2 Å². The molecule has 0 bridgehead atoms. The van der Waals surface area contributed by atoms with Crippen molar-refractivity contribution in [2.45, 2.75) is 18.6 Å². The monoisotopic (exact) mass is 354 g/mol. The van der Waals surface area contributed by atoms with E-state index in [2.05, 4.69) is 21.2 Å². The fourth-order valence-corrected chi connectivity index (χ4v) is 2.75. The van der Waals surface area contributed by atoms with Crippen molar-refractivity contribution in [3.63, 3.8) is 0 Å². The number of halogens is 5. The second-order valence-electron chi connectivity index (χ2n) is 4.79. The molecule has 0 radical (unpaired) electrons. The average Bonchev–Trinajstić information content (AvgIpc) is 2.36. The van der Waals surface area contributed by atoms with E-state index in [1.54, 1.807) is 11.0 Å². The van der Waals surface area contributed by atoms with Gasteiger partial charge in [0.1, 0.15) is 5.82 Å². The number of benzene rings is 1. The van der Waals surface area contributed by atoms with Crippen LogP contribution in [0.15, 0.2) is 22.7 Å². The Hall–Kier alpha value is -0.660. The first-order valence-corrected chi connectivity index (χ1v) is 7.12. The molecule has 1 aromatic carbocycles. The van der Waals surface area contributed by atoms with Gasteiger partial charge in [0.25, 0.3) is 0 Å². The normalized spacial score (nSPS) is 19.1. The van der Waals surface area contributed by atoms with E-state index in [4.69, 9.17) is 0 Å². The third kappa shape index (κ3) is 4.17. The molecule has 1 aliphatic rings. The summed E-state index contributed by atoms with van der Waals surface area (Å²) in [5.74, 6) is -0.604. The molecule has 0 amide bonds. The largest absolute Gasteiger partial charge is 0.390 e. The van der Waals surface area contributed by atoms with Crippen molar-refractivity contribution < 1.29 is 17.6 Å². The van der Waals surface area contributed by atoms with E-state index in [0.29, 0.717) is 30.7 Å². The second-order valence-corrected chi connectivity index (χ2v) is 5.70. The maximum absolute atomic E-state index is 14.0. The Morgan fingerprint density at radius 2 is 1.90 bits per heavy atom. The van der Waals surface area contributed by atoms with Gasteiger partial charge in [0.15, 0.2) is 0 Å². The van der Waals surface area contributed by atoms with E-state index in [1.165, 1.54) is 12.1 Å². The lowest BCUT2D eigenvalue weighted by atomic mass is 10.0. The maximum Gasteiger partial charge on any atom is 0.390 e. The van der Waals surface area contributed by atoms with Crippen molar-refractivity contribution in [3.8, 4) is 0 Å². The first-order valence-electron chi connectivity index (χ1n) is 6.33. The quantitative estimate of drug-likeness (QED) is 0.836. The molecule has 1 N–H and O–H groups in total. The number of nitrogens with one attached hydrogen (secondary N) is 1. The van der Waals surface area contributed by atoms with Gasteiger partial charge in [0.05, 0.1) is 6.42 Å². The molecule has 1 aliphatic heterocycles. The van der Waals surface area contributed by atoms with Crippen LogP contribution in [0.25, 0.3) is 0 Å². The Balaban J connectivity index is 2.29. The SMILES string of the molecule is Fc1cc(Br)ccc1[C@@H](CC(F)(F)F)N1CCNCC1. The molecular weight excluding hydrogens is 340 g/mol. The zero-order chi connectivity index (χ0) is 14.8. The fourth-order valence-electron chi connectivity index (χ4n) is 2.42. The molecule has 1 atom stereocenters. The summed E-state index contributed by atoms with van der Waals surface area (Å²) in [5.41, 5.74) is 0.104. The van der Waals surface area contributed by atoms with Crippen molar-refractivity contribution in [2.24, 2.45) is 0 Å². The smallest absolute Gasteiger partial charge is 0.314 e. The molecular formula is C13H15BrF4N2. The summed E-state index contributed by atoms with van der Waals surface area (Å²) in [6.07, 6.45) is -5.36. The van der Waals surface area contributed by atoms with Crippen LogP contribution in [-0.2, 0) is 0 Å². The Morgan fingerprint density at radius 1 is 1.25 bits per heavy atom. The molecule has 0 spiro atoms. The second kappa shape index (κ2) is 6.41. The van der Waals surface area contributed by atoms with Crippen LogP contribution in [0.3, 0.4) is 0 Å². The Morgan fingerprint density at radius 3 is 2.45 bits per heavy atom. The van der Waals surface area contributed by atoms with Gasteiger partial charge in [-0.15, -0.1) is 0 Å². The van der Waals surface area contributed by atoms with Gasteiger partial charge < -0.3 is 5.32 Å². The highest BCUT2D eigenvalue weighted by molar-refractivity contribution is 9.10. The van der Waals surface area contributed by atoms with Crippen LogP contribution in [0.5, 0.6) is 0 Å². The van der Waals surface area contributed by atoms with Gasteiger partial charge in [0.2, 0.25) is 0 Å². The maximum atomic E-state index is 14.0. The molecule has 2 nitrogen and oxygen atoms in total. The topological polar surface area (TPSA) is 15.3 Å². The summed E-state index contributed by atoms with van der Waals surface area (Å²) >= 11 is 3.12. The predicted octanol–water partition coefficient (Wildman–Crippen LogP) is 3.49. The zero-order valence-electron chi connectivity index (χ0n) is 10.7. The Kier molecular flexibility index (Phi) is 5.04. The number of hydrogen-bond acceptors (Lipinski definition) is 2. The van der Waals surface area contributed by atoms with E-state index in [0.717, 1.165) is 0 Å². The minimum Gasteiger partial charge on any atom is -0.314 e. The van der Waals surface area contributed by atoms with Gasteiger partial charge in [-0.05, 0) is 12.1 Å². The van der Waals surface area contributed by atoms with Crippen molar-refractivity contribution in [3.05, 3.63) is 34.1 Å². The van der Waals surface area contributed by atoms with Gasteiger partial charge in [-0.2, -0.15) is 13.2 Å². The first kappa shape index (κ1) is 15.7. The molecule has 1 aromatic rings. The summed E-state index contributed by atoms with van der Waals surface area (Å²) < 4.78 is 52.9. The van der Waals surface area contributed by atoms with Crippen LogP contribution >= 0.6 is 15.9 Å². The highest BCUT2D eigenvalue weighted by Gasteiger charge is 2.37. The molecule has 0 aliphatic carbocycles. The van der Waals surface area contributed by atoms with Gasteiger partial charge in [-0.25, -0.2) is 4.39 Å². The van der Waals surface area contributed by atoms with E-state index in [9.17, 15) is 17.6 Å². The molecule has 1 fully saturated rings. The molecule has 112 valence electrons. The third-order valence-electron chi connectivity index (χ3n) is 3.34. The number of nitrogens with zero attached hydrogens (tertiary/aromatic N) is 1. The minimum atomic E-state index is -4.32. The predicted molar refractivity (Wildman–Crippen MR) is 72.0 cm³/mol. The van der Waals surface area contributed by atoms with Gasteiger partial charge >= 0.3 is 6.18 Å². The van der Waals surface area contributed by atoms with Crippen LogP contribution < -0.4 is 5.32 Å². The third-order valence-corrected chi connectivity index (χ3v) is 3.83. The Bertz CT molecular complexity index is 458. The van der Waals surface area contributed by atoms with E-state index in [1.807, 2.05) is 0 Å². The Labute approximate surface area is 123 Å². The van der Waals surface area contributed by atoms with Crippen molar-refractivity contribution in [1.29, 1.82) is 0 Å². The first-order chi connectivity index (χ1) is 9.37. The molecule has 0 unspecified atom stereocenters. The van der Waals surface area contributed by atoms with Crippen LogP contribution in [-0.4, -0.2) is 37.3 Å². The van der Waals surface area contributed by atoms with E-state index < -0.39 is 24.5 Å². The number of piperazine rings is 1. The summed E-state index contributed by atoms with van der Waals surface area (Å²) in [4.78, 5) is 1.69. The molecule has 7 heteroatoms. The highest BCUT2D eigenvalue weighted by Crippen LogP contribution is 2.35. The molecule has 0 saturated carbocycles. The summed E-state index contributed by atoms with van der Waals surface area (Å²) in [5, 5.41) is 3.08. The lowest BCUT2D eigenvalue weighted by molar-refractivity contribution is -0.149. The van der Waals surface area contributed by atoms with Gasteiger partial charge in [-0.1, -0.05) is 22.0 Å². The van der Waals surface area contributed by atoms with Crippen LogP contribution in [0.1, 0.15) is 18.0 Å². The van der Waals surface area contributed by atoms with Crippen molar-refractivity contribution in [1.82, 2.24) is 10.2 Å². The molecule has 20 heavy (non-hydrogen) atoms.